The molecule has 1 atom stereocenters. The molecule has 0 radical (unpaired) electrons. The zero-order valence-electron chi connectivity index (χ0n) is 8.82. The summed E-state index contributed by atoms with van der Waals surface area (Å²) in [6.45, 7) is 1.51. The molecular weight excluding hydrogens is 337 g/mol. The van der Waals surface area contributed by atoms with Crippen molar-refractivity contribution in [3.05, 3.63) is 27.8 Å². The average Bonchev–Trinajstić information content (AvgIpc) is 2.31. The number of sulfone groups is 1. The number of hydrogen-bond donors (Lipinski definition) is 1. The smallest absolute Gasteiger partial charge is 0.182 e. The first kappa shape index (κ1) is 12.3. The summed E-state index contributed by atoms with van der Waals surface area (Å²) in [5, 5.41) is 2.88. The van der Waals surface area contributed by atoms with E-state index < -0.39 is 9.84 Å². The molecule has 1 N–H and O–H groups in total. The van der Waals surface area contributed by atoms with E-state index in [2.05, 4.69) is 27.9 Å². The first-order valence-electron chi connectivity index (χ1n) is 5.31. The number of nitrogens with one attached hydrogen (secondary N) is 1. The molecule has 0 amide bonds. The maximum absolute atomic E-state index is 12.3. The summed E-state index contributed by atoms with van der Waals surface area (Å²) in [7, 11) is -3.14. The fourth-order valence-corrected chi connectivity index (χ4v) is 3.98. The fraction of sp³-hybridized carbons (Fsp3) is 0.455. The summed E-state index contributed by atoms with van der Waals surface area (Å²) in [6.07, 6.45) is 1.70. The lowest BCUT2D eigenvalue weighted by Crippen LogP contribution is -2.38. The second-order valence-corrected chi connectivity index (χ2v) is 7.44. The lowest BCUT2D eigenvalue weighted by atomic mass is 10.2. The highest BCUT2D eigenvalue weighted by atomic mass is 127. The highest BCUT2D eigenvalue weighted by Gasteiger charge is 2.28. The highest BCUT2D eigenvalue weighted by molar-refractivity contribution is 14.1. The maximum atomic E-state index is 12.3. The molecule has 1 unspecified atom stereocenters. The third-order valence-electron chi connectivity index (χ3n) is 2.83. The number of halogens is 1. The van der Waals surface area contributed by atoms with Crippen LogP contribution < -0.4 is 5.32 Å². The van der Waals surface area contributed by atoms with Crippen LogP contribution in [0.3, 0.4) is 0 Å². The van der Waals surface area contributed by atoms with E-state index in [-0.39, 0.29) is 5.25 Å². The second-order valence-electron chi connectivity index (χ2n) is 3.97. The van der Waals surface area contributed by atoms with Crippen LogP contribution in [0.4, 0.5) is 0 Å². The number of rotatable bonds is 2. The summed E-state index contributed by atoms with van der Waals surface area (Å²) in [6, 6.07) is 7.07. The number of piperidine rings is 1. The van der Waals surface area contributed by atoms with Gasteiger partial charge in [0.05, 0.1) is 10.1 Å². The molecule has 0 aliphatic carbocycles. The van der Waals surface area contributed by atoms with E-state index in [1.54, 1.807) is 12.1 Å². The molecule has 88 valence electrons. The van der Waals surface area contributed by atoms with Gasteiger partial charge in [-0.15, -0.1) is 0 Å². The molecule has 1 aliphatic heterocycles. The van der Waals surface area contributed by atoms with E-state index in [0.717, 1.165) is 23.0 Å². The van der Waals surface area contributed by atoms with Crippen LogP contribution in [0.15, 0.2) is 29.2 Å². The van der Waals surface area contributed by atoms with Crippen LogP contribution in [0.5, 0.6) is 0 Å². The molecule has 1 fully saturated rings. The minimum Gasteiger partial charge on any atom is -0.315 e. The number of hydrogen-bond acceptors (Lipinski definition) is 3. The summed E-state index contributed by atoms with van der Waals surface area (Å²) in [4.78, 5) is 0.446. The molecule has 1 heterocycles. The van der Waals surface area contributed by atoms with Gasteiger partial charge in [-0.3, -0.25) is 0 Å². The molecule has 0 spiro atoms. The lowest BCUT2D eigenvalue weighted by molar-refractivity contribution is 0.497. The van der Waals surface area contributed by atoms with Crippen LogP contribution in [-0.4, -0.2) is 26.8 Å². The van der Waals surface area contributed by atoms with Crippen LogP contribution in [0.1, 0.15) is 12.8 Å². The van der Waals surface area contributed by atoms with Gasteiger partial charge < -0.3 is 5.32 Å². The van der Waals surface area contributed by atoms with Crippen LogP contribution in [0, 0.1) is 3.57 Å². The molecule has 1 aromatic rings. The minimum absolute atomic E-state index is 0.263. The van der Waals surface area contributed by atoms with Gasteiger partial charge in [0.2, 0.25) is 0 Å². The van der Waals surface area contributed by atoms with E-state index in [0.29, 0.717) is 11.4 Å². The first-order chi connectivity index (χ1) is 7.60. The fourth-order valence-electron chi connectivity index (χ4n) is 1.90. The van der Waals surface area contributed by atoms with Crippen molar-refractivity contribution >= 4 is 32.4 Å². The van der Waals surface area contributed by atoms with Gasteiger partial charge in [0, 0.05) is 10.1 Å². The molecule has 1 aliphatic rings. The third-order valence-corrected chi connectivity index (χ3v) is 5.76. The monoisotopic (exact) mass is 351 g/mol. The van der Waals surface area contributed by atoms with Gasteiger partial charge >= 0.3 is 0 Å². The molecule has 1 aromatic carbocycles. The molecule has 0 saturated carbocycles. The summed E-state index contributed by atoms with van der Waals surface area (Å²) < 4.78 is 25.6. The third kappa shape index (κ3) is 2.57. The van der Waals surface area contributed by atoms with E-state index >= 15 is 0 Å². The van der Waals surface area contributed by atoms with Gasteiger partial charge in [-0.25, -0.2) is 8.42 Å². The van der Waals surface area contributed by atoms with Crippen molar-refractivity contribution in [2.45, 2.75) is 23.0 Å². The Morgan fingerprint density at radius 1 is 1.25 bits per heavy atom. The Kier molecular flexibility index (Phi) is 3.86. The Hall–Kier alpha value is -0.140. The Morgan fingerprint density at radius 2 is 1.94 bits per heavy atom. The Morgan fingerprint density at radius 3 is 2.50 bits per heavy atom. The highest BCUT2D eigenvalue weighted by Crippen LogP contribution is 2.21. The standard InChI is InChI=1S/C11H14INO2S/c12-9-3-5-10(6-4-9)16(14,15)11-2-1-7-13-8-11/h3-6,11,13H,1-2,7-8H2. The van der Waals surface area contributed by atoms with Crippen LogP contribution in [0.25, 0.3) is 0 Å². The van der Waals surface area contributed by atoms with Crippen molar-refractivity contribution in [2.75, 3.05) is 13.1 Å². The zero-order chi connectivity index (χ0) is 11.6. The second kappa shape index (κ2) is 5.01. The molecule has 2 rings (SSSR count). The van der Waals surface area contributed by atoms with Crippen LogP contribution >= 0.6 is 22.6 Å². The average molecular weight is 351 g/mol. The predicted octanol–water partition coefficient (Wildman–Crippen LogP) is 1.82. The van der Waals surface area contributed by atoms with Gasteiger partial charge in [-0.2, -0.15) is 0 Å². The molecule has 0 aromatic heterocycles. The van der Waals surface area contributed by atoms with E-state index in [4.69, 9.17) is 0 Å². The van der Waals surface area contributed by atoms with Crippen molar-refractivity contribution in [1.29, 1.82) is 0 Å². The largest absolute Gasteiger partial charge is 0.315 e. The normalized spacial score (nSPS) is 21.9. The Bertz CT molecular complexity index is 449. The van der Waals surface area contributed by atoms with Crippen molar-refractivity contribution in [1.82, 2.24) is 5.32 Å². The zero-order valence-corrected chi connectivity index (χ0v) is 11.8. The van der Waals surface area contributed by atoms with Crippen molar-refractivity contribution in [3.8, 4) is 0 Å². The van der Waals surface area contributed by atoms with E-state index in [9.17, 15) is 8.42 Å². The molecule has 16 heavy (non-hydrogen) atoms. The maximum Gasteiger partial charge on any atom is 0.182 e. The van der Waals surface area contributed by atoms with Gasteiger partial charge in [-0.1, -0.05) is 0 Å². The SMILES string of the molecule is O=S(=O)(c1ccc(I)cc1)C1CCCNC1. The Labute approximate surface area is 110 Å². The van der Waals surface area contributed by atoms with Crippen molar-refractivity contribution in [3.63, 3.8) is 0 Å². The topological polar surface area (TPSA) is 46.2 Å². The summed E-state index contributed by atoms with van der Waals surface area (Å²) >= 11 is 2.17. The molecular formula is C11H14INO2S. The van der Waals surface area contributed by atoms with Gasteiger partial charge in [0.15, 0.2) is 9.84 Å². The van der Waals surface area contributed by atoms with Gasteiger partial charge in [-0.05, 0) is 66.2 Å². The van der Waals surface area contributed by atoms with E-state index in [1.165, 1.54) is 0 Å². The number of benzene rings is 1. The molecule has 0 bridgehead atoms. The van der Waals surface area contributed by atoms with Gasteiger partial charge in [0.25, 0.3) is 0 Å². The van der Waals surface area contributed by atoms with Crippen molar-refractivity contribution < 1.29 is 8.42 Å². The van der Waals surface area contributed by atoms with Gasteiger partial charge in [0.1, 0.15) is 0 Å². The van der Waals surface area contributed by atoms with E-state index in [1.807, 2.05) is 12.1 Å². The Balaban J connectivity index is 2.27. The first-order valence-corrected chi connectivity index (χ1v) is 7.93. The summed E-state index contributed by atoms with van der Waals surface area (Å²) in [5.41, 5.74) is 0. The van der Waals surface area contributed by atoms with Crippen LogP contribution in [0.2, 0.25) is 0 Å². The minimum atomic E-state index is -3.14. The quantitative estimate of drug-likeness (QED) is 0.827. The molecule has 3 nitrogen and oxygen atoms in total. The predicted molar refractivity (Wildman–Crippen MR) is 72.2 cm³/mol. The molecule has 1 saturated heterocycles. The van der Waals surface area contributed by atoms with Crippen LogP contribution in [-0.2, 0) is 9.84 Å². The lowest BCUT2D eigenvalue weighted by Gasteiger charge is -2.22. The van der Waals surface area contributed by atoms with Crippen molar-refractivity contribution in [2.24, 2.45) is 0 Å². The molecule has 5 heteroatoms. The summed E-state index contributed by atoms with van der Waals surface area (Å²) in [5.74, 6) is 0.